The minimum Gasteiger partial charge on any atom is -0.487 e. The number of likely N-dealkylation sites (N-methyl/N-ethyl adjacent to an activating group) is 1. The van der Waals surface area contributed by atoms with Crippen LogP contribution in [0.15, 0.2) is 36.4 Å². The number of piperidine rings is 2. The summed E-state index contributed by atoms with van der Waals surface area (Å²) < 4.78 is 33.9. The molecule has 2 aromatic carbocycles. The van der Waals surface area contributed by atoms with Crippen LogP contribution in [0.2, 0.25) is 0 Å². The average Bonchev–Trinajstić information content (AvgIpc) is 3.18. The predicted octanol–water partition coefficient (Wildman–Crippen LogP) is 2.36. The predicted molar refractivity (Wildman–Crippen MR) is 131 cm³/mol. The fourth-order valence-electron chi connectivity index (χ4n) is 5.43. The number of halogens is 2. The van der Waals surface area contributed by atoms with Gasteiger partial charge >= 0.3 is 0 Å². The van der Waals surface area contributed by atoms with Crippen molar-refractivity contribution in [2.75, 3.05) is 19.6 Å². The van der Waals surface area contributed by atoms with Crippen LogP contribution in [0.5, 0.6) is 5.75 Å². The first kappa shape index (κ1) is 25.3. The Morgan fingerprint density at radius 3 is 2.70 bits per heavy atom. The van der Waals surface area contributed by atoms with Gasteiger partial charge in [-0.05, 0) is 49.2 Å². The summed E-state index contributed by atoms with van der Waals surface area (Å²) in [5.41, 5.74) is 1.73. The van der Waals surface area contributed by atoms with Crippen molar-refractivity contribution >= 4 is 17.7 Å². The molecule has 2 N–H and O–H groups in total. The normalized spacial score (nSPS) is 24.2. The van der Waals surface area contributed by atoms with Gasteiger partial charge in [-0.1, -0.05) is 13.0 Å². The number of carbonyl (C=O) groups is 3. The molecule has 0 aliphatic carbocycles. The molecule has 0 aromatic heterocycles. The Morgan fingerprint density at radius 2 is 1.95 bits per heavy atom. The largest absolute Gasteiger partial charge is 0.487 e. The molecule has 3 aliphatic heterocycles. The van der Waals surface area contributed by atoms with Gasteiger partial charge < -0.3 is 15.0 Å². The molecule has 3 aliphatic rings. The van der Waals surface area contributed by atoms with E-state index in [-0.39, 0.29) is 36.9 Å². The summed E-state index contributed by atoms with van der Waals surface area (Å²) >= 11 is 0. The molecule has 196 valence electrons. The number of likely N-dealkylation sites (tertiary alicyclic amines) is 1. The molecule has 10 heteroatoms. The number of nitrogens with zero attached hydrogens (tertiary/aromatic N) is 2. The smallest absolute Gasteiger partial charge is 0.255 e. The average molecular weight is 513 g/mol. The van der Waals surface area contributed by atoms with Crippen molar-refractivity contribution in [3.63, 3.8) is 0 Å². The summed E-state index contributed by atoms with van der Waals surface area (Å²) in [6.45, 7) is 4.72. The number of amides is 3. The minimum atomic E-state index is -0.668. The number of rotatable bonds is 7. The molecule has 3 heterocycles. The van der Waals surface area contributed by atoms with Crippen LogP contribution in [-0.2, 0) is 22.7 Å². The Bertz CT molecular complexity index is 1220. The van der Waals surface area contributed by atoms with Crippen molar-refractivity contribution in [2.24, 2.45) is 0 Å². The highest BCUT2D eigenvalue weighted by atomic mass is 19.1. The van der Waals surface area contributed by atoms with Crippen LogP contribution in [0, 0.1) is 11.6 Å². The van der Waals surface area contributed by atoms with Crippen molar-refractivity contribution in [2.45, 2.75) is 57.5 Å². The van der Waals surface area contributed by atoms with E-state index in [4.69, 9.17) is 4.74 Å². The maximum Gasteiger partial charge on any atom is 0.255 e. The van der Waals surface area contributed by atoms with Crippen LogP contribution in [0.4, 0.5) is 8.78 Å². The summed E-state index contributed by atoms with van der Waals surface area (Å²) in [6, 6.07) is 8.37. The van der Waals surface area contributed by atoms with Crippen LogP contribution in [-0.4, -0.2) is 65.3 Å². The van der Waals surface area contributed by atoms with E-state index in [0.29, 0.717) is 36.4 Å². The number of benzene rings is 2. The summed E-state index contributed by atoms with van der Waals surface area (Å²) in [5.74, 6) is -1.54. The highest BCUT2D eigenvalue weighted by Gasteiger charge is 2.39. The van der Waals surface area contributed by atoms with E-state index < -0.39 is 23.6 Å². The molecule has 1 unspecified atom stereocenters. The molecular formula is C27H30F2N4O4. The Hall–Kier alpha value is -3.37. The zero-order valence-corrected chi connectivity index (χ0v) is 20.6. The van der Waals surface area contributed by atoms with E-state index in [9.17, 15) is 23.2 Å². The van der Waals surface area contributed by atoms with Crippen LogP contribution in [0.3, 0.4) is 0 Å². The minimum absolute atomic E-state index is 0.0918. The van der Waals surface area contributed by atoms with E-state index in [1.807, 2.05) is 13.0 Å². The molecule has 0 radical (unpaired) electrons. The van der Waals surface area contributed by atoms with Crippen molar-refractivity contribution in [3.05, 3.63) is 64.7 Å². The van der Waals surface area contributed by atoms with Gasteiger partial charge in [0.1, 0.15) is 29.5 Å². The van der Waals surface area contributed by atoms with Gasteiger partial charge in [0.25, 0.3) is 5.91 Å². The van der Waals surface area contributed by atoms with E-state index in [1.165, 1.54) is 17.0 Å². The molecule has 2 aromatic rings. The lowest BCUT2D eigenvalue weighted by molar-refractivity contribution is -0.136. The third-order valence-electron chi connectivity index (χ3n) is 7.30. The molecule has 2 saturated heterocycles. The first-order chi connectivity index (χ1) is 17.8. The zero-order valence-electron chi connectivity index (χ0n) is 20.6. The van der Waals surface area contributed by atoms with Gasteiger partial charge in [-0.3, -0.25) is 24.6 Å². The second-order valence-electron chi connectivity index (χ2n) is 9.80. The zero-order chi connectivity index (χ0) is 26.1. The monoisotopic (exact) mass is 512 g/mol. The number of fused-ring (bicyclic) bond motifs is 1. The van der Waals surface area contributed by atoms with E-state index in [0.717, 1.165) is 31.1 Å². The van der Waals surface area contributed by atoms with Crippen LogP contribution < -0.4 is 15.4 Å². The second kappa shape index (κ2) is 10.5. The molecule has 3 atom stereocenters. The number of imide groups is 1. The molecule has 0 spiro atoms. The standard InChI is InChI=1S/C27H30F2N4O4/c1-2-30-22-9-10-32(13-16-3-4-18(28)12-21(16)29)15-24(22)37-19-5-6-20-17(11-19)14-33(27(20)36)23-7-8-25(34)31-26(23)35/h3-6,11-12,22-24,30H,2,7-10,13-15H2,1H3,(H,31,34,35)/t22-,23?,24-/m0/s1. The van der Waals surface area contributed by atoms with E-state index in [2.05, 4.69) is 15.5 Å². The number of hydrogen-bond donors (Lipinski definition) is 2. The molecular weight excluding hydrogens is 482 g/mol. The summed E-state index contributed by atoms with van der Waals surface area (Å²) in [4.78, 5) is 40.4. The van der Waals surface area contributed by atoms with E-state index in [1.54, 1.807) is 12.1 Å². The Kier molecular flexibility index (Phi) is 7.21. The van der Waals surface area contributed by atoms with Crippen molar-refractivity contribution in [1.82, 2.24) is 20.4 Å². The van der Waals surface area contributed by atoms with Gasteiger partial charge in [-0.25, -0.2) is 8.78 Å². The van der Waals surface area contributed by atoms with Gasteiger partial charge in [-0.15, -0.1) is 0 Å². The van der Waals surface area contributed by atoms with Gasteiger partial charge in [-0.2, -0.15) is 0 Å². The molecule has 8 nitrogen and oxygen atoms in total. The Morgan fingerprint density at radius 1 is 1.11 bits per heavy atom. The number of carbonyl (C=O) groups excluding carboxylic acids is 3. The van der Waals surface area contributed by atoms with Gasteiger partial charge in [0.05, 0.1) is 0 Å². The quantitative estimate of drug-likeness (QED) is 0.554. The maximum atomic E-state index is 14.2. The summed E-state index contributed by atoms with van der Waals surface area (Å²) in [5, 5.41) is 5.78. The third kappa shape index (κ3) is 5.35. The Balaban J connectivity index is 1.29. The highest BCUT2D eigenvalue weighted by molar-refractivity contribution is 6.05. The topological polar surface area (TPSA) is 91.0 Å². The van der Waals surface area contributed by atoms with Crippen LogP contribution in [0.25, 0.3) is 0 Å². The molecule has 3 amide bonds. The lowest BCUT2D eigenvalue weighted by Gasteiger charge is -2.39. The molecule has 2 fully saturated rings. The number of hydrogen-bond acceptors (Lipinski definition) is 6. The lowest BCUT2D eigenvalue weighted by Crippen LogP contribution is -2.54. The van der Waals surface area contributed by atoms with Crippen LogP contribution >= 0.6 is 0 Å². The fraction of sp³-hybridized carbons (Fsp3) is 0.444. The Labute approximate surface area is 213 Å². The third-order valence-corrected chi connectivity index (χ3v) is 7.30. The van der Waals surface area contributed by atoms with Crippen molar-refractivity contribution < 1.29 is 27.9 Å². The number of nitrogens with one attached hydrogen (secondary N) is 2. The van der Waals surface area contributed by atoms with Gasteiger partial charge in [0.15, 0.2) is 0 Å². The lowest BCUT2D eigenvalue weighted by atomic mass is 10.0. The van der Waals surface area contributed by atoms with Crippen molar-refractivity contribution in [3.8, 4) is 5.75 Å². The first-order valence-electron chi connectivity index (χ1n) is 12.7. The molecule has 0 saturated carbocycles. The first-order valence-corrected chi connectivity index (χ1v) is 12.7. The SMILES string of the molecule is CCN[C@H]1CCN(Cc2ccc(F)cc2F)C[C@@H]1Oc1ccc2c(c1)CN(C1CCC(=O)NC1=O)C2=O. The number of ether oxygens (including phenoxy) is 1. The second-order valence-corrected chi connectivity index (χ2v) is 9.80. The van der Waals surface area contributed by atoms with Crippen molar-refractivity contribution in [1.29, 1.82) is 0 Å². The van der Waals surface area contributed by atoms with E-state index >= 15 is 0 Å². The summed E-state index contributed by atoms with van der Waals surface area (Å²) in [6.07, 6.45) is 1.09. The highest BCUT2D eigenvalue weighted by Crippen LogP contribution is 2.31. The van der Waals surface area contributed by atoms with Gasteiger partial charge in [0, 0.05) is 55.8 Å². The molecule has 5 rings (SSSR count). The molecule has 37 heavy (non-hydrogen) atoms. The maximum absolute atomic E-state index is 14.2. The summed E-state index contributed by atoms with van der Waals surface area (Å²) in [7, 11) is 0. The molecule has 0 bridgehead atoms. The van der Waals surface area contributed by atoms with Gasteiger partial charge in [0.2, 0.25) is 11.8 Å². The van der Waals surface area contributed by atoms with Crippen LogP contribution in [0.1, 0.15) is 47.7 Å². The fourth-order valence-corrected chi connectivity index (χ4v) is 5.43.